The predicted molar refractivity (Wildman–Crippen MR) is 113 cm³/mol. The molecular weight excluding hydrogens is 390 g/mol. The number of non-ortho nitro benzene ring substituents is 1. The second-order valence-corrected chi connectivity index (χ2v) is 9.59. The van der Waals surface area contributed by atoms with Crippen molar-refractivity contribution in [3.05, 3.63) is 75.3 Å². The van der Waals surface area contributed by atoms with E-state index in [0.29, 0.717) is 5.56 Å². The van der Waals surface area contributed by atoms with Gasteiger partial charge in [0.2, 0.25) is 10.0 Å². The van der Waals surface area contributed by atoms with Gasteiger partial charge in [0.25, 0.3) is 5.69 Å². The first kappa shape index (κ1) is 21.4. The zero-order chi connectivity index (χ0) is 20.9. The summed E-state index contributed by atoms with van der Waals surface area (Å²) in [7, 11) is -3.53. The smallest absolute Gasteiger partial charge is 0.269 e. The summed E-state index contributed by atoms with van der Waals surface area (Å²) in [6.45, 7) is 5.71. The lowest BCUT2D eigenvalue weighted by Crippen LogP contribution is -2.32. The van der Waals surface area contributed by atoms with E-state index in [1.165, 1.54) is 42.7 Å². The highest BCUT2D eigenvalue weighted by Crippen LogP contribution is 2.18. The van der Waals surface area contributed by atoms with Gasteiger partial charge in [0.05, 0.1) is 10.7 Å². The maximum Gasteiger partial charge on any atom is 0.269 e. The predicted octanol–water partition coefficient (Wildman–Crippen LogP) is 3.45. The molecule has 1 aliphatic rings. The average molecular weight is 418 g/mol. The lowest BCUT2D eigenvalue weighted by atomic mass is 9.99. The molecule has 1 saturated heterocycles. The van der Waals surface area contributed by atoms with Crippen LogP contribution in [0.25, 0.3) is 0 Å². The number of nitro groups is 1. The summed E-state index contributed by atoms with van der Waals surface area (Å²) in [6, 6.07) is 13.6. The maximum absolute atomic E-state index is 12.3. The molecule has 3 rings (SSSR count). The van der Waals surface area contributed by atoms with E-state index in [1.807, 2.05) is 12.1 Å². The molecule has 1 fully saturated rings. The molecule has 156 valence electrons. The van der Waals surface area contributed by atoms with Gasteiger partial charge in [-0.15, -0.1) is 0 Å². The Morgan fingerprint density at radius 2 is 1.55 bits per heavy atom. The monoisotopic (exact) mass is 417 g/mol. The average Bonchev–Trinajstić information content (AvgIpc) is 2.69. The Kier molecular flexibility index (Phi) is 7.00. The molecule has 2 aromatic rings. The van der Waals surface area contributed by atoms with E-state index in [9.17, 15) is 18.5 Å². The van der Waals surface area contributed by atoms with Gasteiger partial charge in [-0.25, -0.2) is 13.1 Å². The molecule has 0 atom stereocenters. The number of rotatable bonds is 8. The summed E-state index contributed by atoms with van der Waals surface area (Å²) >= 11 is 0. The highest BCUT2D eigenvalue weighted by atomic mass is 32.2. The molecule has 0 bridgehead atoms. The number of nitrogens with zero attached hydrogens (tertiary/aromatic N) is 2. The second-order valence-electron chi connectivity index (χ2n) is 7.78. The third-order valence-electron chi connectivity index (χ3n) is 5.31. The van der Waals surface area contributed by atoms with Crippen molar-refractivity contribution >= 4 is 15.7 Å². The molecule has 0 aromatic heterocycles. The Balaban J connectivity index is 1.50. The van der Waals surface area contributed by atoms with Gasteiger partial charge in [-0.05, 0) is 48.5 Å². The van der Waals surface area contributed by atoms with Crippen LogP contribution in [0, 0.1) is 16.0 Å². The Bertz CT molecular complexity index is 919. The van der Waals surface area contributed by atoms with E-state index in [-0.39, 0.29) is 18.0 Å². The van der Waals surface area contributed by atoms with Gasteiger partial charge >= 0.3 is 0 Å². The van der Waals surface area contributed by atoms with Crippen LogP contribution < -0.4 is 4.72 Å². The topological polar surface area (TPSA) is 92.6 Å². The van der Waals surface area contributed by atoms with Gasteiger partial charge in [-0.1, -0.05) is 43.3 Å². The highest BCUT2D eigenvalue weighted by molar-refractivity contribution is 7.88. The summed E-state index contributed by atoms with van der Waals surface area (Å²) < 4.78 is 27.2. The molecule has 0 aliphatic carbocycles. The minimum atomic E-state index is -3.53. The fourth-order valence-corrected chi connectivity index (χ4v) is 4.54. The summed E-state index contributed by atoms with van der Waals surface area (Å²) in [5.74, 6) is 0.601. The first-order valence-electron chi connectivity index (χ1n) is 9.81. The molecule has 8 heteroatoms. The quantitative estimate of drug-likeness (QED) is 0.525. The van der Waals surface area contributed by atoms with Gasteiger partial charge in [0.1, 0.15) is 0 Å². The molecule has 2 aromatic carbocycles. The van der Waals surface area contributed by atoms with Crippen molar-refractivity contribution in [3.8, 4) is 0 Å². The number of benzene rings is 2. The molecule has 0 radical (unpaired) electrons. The van der Waals surface area contributed by atoms with Crippen LogP contribution in [0.5, 0.6) is 0 Å². The van der Waals surface area contributed by atoms with E-state index in [0.717, 1.165) is 31.1 Å². The normalized spacial score (nSPS) is 16.0. The SMILES string of the molecule is CC1CCN(Cc2ccc(CNS(=O)(=O)Cc3ccc([N+](=O)[O-])cc3)cc2)CC1. The molecule has 0 unspecified atom stereocenters. The van der Waals surface area contributed by atoms with E-state index in [1.54, 1.807) is 0 Å². The minimum absolute atomic E-state index is 0.0572. The van der Waals surface area contributed by atoms with Crippen LogP contribution in [0.1, 0.15) is 36.5 Å². The van der Waals surface area contributed by atoms with Crippen LogP contribution in [0.3, 0.4) is 0 Å². The van der Waals surface area contributed by atoms with E-state index < -0.39 is 14.9 Å². The Labute approximate surface area is 171 Å². The molecule has 0 spiro atoms. The van der Waals surface area contributed by atoms with E-state index in [2.05, 4.69) is 28.7 Å². The number of hydrogen-bond donors (Lipinski definition) is 1. The Morgan fingerprint density at radius 1 is 1.00 bits per heavy atom. The molecular formula is C21H27N3O4S. The fraction of sp³-hybridized carbons (Fsp3) is 0.429. The number of sulfonamides is 1. The fourth-order valence-electron chi connectivity index (χ4n) is 3.42. The van der Waals surface area contributed by atoms with Crippen molar-refractivity contribution in [1.82, 2.24) is 9.62 Å². The number of hydrogen-bond acceptors (Lipinski definition) is 5. The van der Waals surface area contributed by atoms with Gasteiger partial charge in [0, 0.05) is 25.2 Å². The van der Waals surface area contributed by atoms with Crippen molar-refractivity contribution in [2.75, 3.05) is 13.1 Å². The number of nitrogens with one attached hydrogen (secondary N) is 1. The summed E-state index contributed by atoms with van der Waals surface area (Å²) in [5, 5.41) is 10.7. The first-order valence-corrected chi connectivity index (χ1v) is 11.5. The molecule has 1 aliphatic heterocycles. The second kappa shape index (κ2) is 9.47. The lowest BCUT2D eigenvalue weighted by Gasteiger charge is -2.30. The number of likely N-dealkylation sites (tertiary alicyclic amines) is 1. The van der Waals surface area contributed by atoms with E-state index in [4.69, 9.17) is 0 Å². The van der Waals surface area contributed by atoms with Gasteiger partial charge in [-0.3, -0.25) is 15.0 Å². The van der Waals surface area contributed by atoms with Crippen molar-refractivity contribution in [3.63, 3.8) is 0 Å². The third kappa shape index (κ3) is 6.62. The van der Waals surface area contributed by atoms with Crippen molar-refractivity contribution < 1.29 is 13.3 Å². The van der Waals surface area contributed by atoms with Crippen molar-refractivity contribution in [1.29, 1.82) is 0 Å². The highest BCUT2D eigenvalue weighted by Gasteiger charge is 2.16. The standard InChI is InChI=1S/C21H27N3O4S/c1-17-10-12-23(13-11-17)15-19-4-2-18(3-5-19)14-22-29(27,28)16-20-6-8-21(9-7-20)24(25)26/h2-9,17,22H,10-16H2,1H3. The molecule has 7 nitrogen and oxygen atoms in total. The number of nitro benzene ring substituents is 1. The van der Waals surface area contributed by atoms with Crippen LogP contribution in [-0.4, -0.2) is 31.3 Å². The largest absolute Gasteiger partial charge is 0.299 e. The number of piperidine rings is 1. The van der Waals surface area contributed by atoms with Crippen LogP contribution in [0.4, 0.5) is 5.69 Å². The lowest BCUT2D eigenvalue weighted by molar-refractivity contribution is -0.384. The summed E-state index contributed by atoms with van der Waals surface area (Å²) in [4.78, 5) is 12.6. The van der Waals surface area contributed by atoms with Crippen LogP contribution >= 0.6 is 0 Å². The van der Waals surface area contributed by atoms with Crippen LogP contribution in [0.15, 0.2) is 48.5 Å². The van der Waals surface area contributed by atoms with Crippen molar-refractivity contribution in [2.45, 2.75) is 38.6 Å². The van der Waals surface area contributed by atoms with Gasteiger partial charge < -0.3 is 0 Å². The molecule has 1 heterocycles. The van der Waals surface area contributed by atoms with Gasteiger partial charge in [0.15, 0.2) is 0 Å². The van der Waals surface area contributed by atoms with Gasteiger partial charge in [-0.2, -0.15) is 0 Å². The molecule has 29 heavy (non-hydrogen) atoms. The molecule has 0 saturated carbocycles. The summed E-state index contributed by atoms with van der Waals surface area (Å²) in [5.41, 5.74) is 2.58. The summed E-state index contributed by atoms with van der Waals surface area (Å²) in [6.07, 6.45) is 2.49. The zero-order valence-electron chi connectivity index (χ0n) is 16.6. The maximum atomic E-state index is 12.3. The van der Waals surface area contributed by atoms with E-state index >= 15 is 0 Å². The van der Waals surface area contributed by atoms with Crippen LogP contribution in [-0.2, 0) is 28.9 Å². The Morgan fingerprint density at radius 3 is 2.14 bits per heavy atom. The zero-order valence-corrected chi connectivity index (χ0v) is 17.4. The minimum Gasteiger partial charge on any atom is -0.299 e. The van der Waals surface area contributed by atoms with Crippen LogP contribution in [0.2, 0.25) is 0 Å². The first-order chi connectivity index (χ1) is 13.8. The Hall–Kier alpha value is -2.29. The molecule has 0 amide bonds. The third-order valence-corrected chi connectivity index (χ3v) is 6.60. The van der Waals surface area contributed by atoms with Crippen molar-refractivity contribution in [2.24, 2.45) is 5.92 Å². The molecule has 1 N–H and O–H groups in total.